The summed E-state index contributed by atoms with van der Waals surface area (Å²) in [6.45, 7) is 3.03. The summed E-state index contributed by atoms with van der Waals surface area (Å²) in [7, 11) is 0. The van der Waals surface area contributed by atoms with E-state index >= 15 is 0 Å². The number of pyridine rings is 1. The van der Waals surface area contributed by atoms with E-state index in [4.69, 9.17) is 5.73 Å². The maximum absolute atomic E-state index is 12.6. The minimum atomic E-state index is -0.396. The van der Waals surface area contributed by atoms with E-state index in [1.165, 1.54) is 17.0 Å². The minimum absolute atomic E-state index is 0.160. The Morgan fingerprint density at radius 3 is 2.54 bits per heavy atom. The Balaban J connectivity index is 1.78. The molecule has 0 saturated carbocycles. The highest BCUT2D eigenvalue weighted by atomic mass is 16.2. The van der Waals surface area contributed by atoms with Gasteiger partial charge in [-0.25, -0.2) is 0 Å². The van der Waals surface area contributed by atoms with Crippen molar-refractivity contribution in [2.45, 2.75) is 13.5 Å². The fraction of sp³-hybridized carbons (Fsp3) is 0.263. The smallest absolute Gasteiger partial charge is 0.261 e. The number of carbonyl (C=O) groups excluding carboxylic acids is 3. The summed E-state index contributed by atoms with van der Waals surface area (Å²) in [6.07, 6.45) is 3.22. The third-order valence-corrected chi connectivity index (χ3v) is 4.34. The van der Waals surface area contributed by atoms with Gasteiger partial charge in [-0.1, -0.05) is 6.92 Å². The third-order valence-electron chi connectivity index (χ3n) is 4.34. The monoisotopic (exact) mass is 352 g/mol. The van der Waals surface area contributed by atoms with Crippen molar-refractivity contribution >= 4 is 17.7 Å². The van der Waals surface area contributed by atoms with E-state index in [0.29, 0.717) is 24.2 Å². The molecular weight excluding hydrogens is 332 g/mol. The summed E-state index contributed by atoms with van der Waals surface area (Å²) < 4.78 is 0. The van der Waals surface area contributed by atoms with Crippen LogP contribution in [0.2, 0.25) is 0 Å². The number of hydrogen-bond acceptors (Lipinski definition) is 5. The molecule has 0 aliphatic carbocycles. The van der Waals surface area contributed by atoms with Gasteiger partial charge in [-0.05, 0) is 48.4 Å². The Hall–Kier alpha value is -3.06. The Morgan fingerprint density at radius 1 is 1.15 bits per heavy atom. The normalized spacial score (nSPS) is 14.3. The highest BCUT2D eigenvalue weighted by Crippen LogP contribution is 2.25. The van der Waals surface area contributed by atoms with Gasteiger partial charge in [0.05, 0.1) is 17.7 Å². The van der Waals surface area contributed by atoms with Crippen LogP contribution in [0.3, 0.4) is 0 Å². The summed E-state index contributed by atoms with van der Waals surface area (Å²) in [4.78, 5) is 42.5. The van der Waals surface area contributed by atoms with Crippen molar-refractivity contribution < 1.29 is 14.4 Å². The second kappa shape index (κ2) is 7.45. The van der Waals surface area contributed by atoms with Crippen LogP contribution in [0.4, 0.5) is 0 Å². The van der Waals surface area contributed by atoms with Crippen LogP contribution in [0.1, 0.15) is 43.6 Å². The van der Waals surface area contributed by atoms with Crippen LogP contribution in [0.5, 0.6) is 0 Å². The maximum atomic E-state index is 12.6. The van der Waals surface area contributed by atoms with Crippen LogP contribution in [0.15, 0.2) is 42.7 Å². The molecule has 0 radical (unpaired) electrons. The third kappa shape index (κ3) is 3.48. The molecule has 3 rings (SSSR count). The van der Waals surface area contributed by atoms with Crippen molar-refractivity contribution in [3.63, 3.8) is 0 Å². The molecule has 0 spiro atoms. The Morgan fingerprint density at radius 2 is 1.85 bits per heavy atom. The van der Waals surface area contributed by atoms with Crippen molar-refractivity contribution in [2.24, 2.45) is 11.7 Å². The van der Waals surface area contributed by atoms with E-state index in [2.05, 4.69) is 10.3 Å². The molecule has 0 fully saturated rings. The molecule has 0 saturated heterocycles. The maximum Gasteiger partial charge on any atom is 0.261 e. The number of imide groups is 1. The van der Waals surface area contributed by atoms with Crippen molar-refractivity contribution in [3.05, 3.63) is 65.0 Å². The van der Waals surface area contributed by atoms with Gasteiger partial charge < -0.3 is 11.1 Å². The standard InChI is InChI=1S/C19H20N4O3/c1-12(9-20)10-22-17(24)14-2-3-15-16(8-14)19(26)23(18(15)25)11-13-4-6-21-7-5-13/h2-8,12H,9-11,20H2,1H3,(H,22,24). The van der Waals surface area contributed by atoms with E-state index in [0.717, 1.165) is 5.56 Å². The number of aromatic nitrogens is 1. The van der Waals surface area contributed by atoms with Crippen molar-refractivity contribution in [1.29, 1.82) is 0 Å². The Bertz CT molecular complexity index is 851. The molecule has 1 unspecified atom stereocenters. The molecule has 3 N–H and O–H groups in total. The number of fused-ring (bicyclic) bond motifs is 1. The first-order valence-corrected chi connectivity index (χ1v) is 8.38. The molecule has 2 heterocycles. The molecule has 1 aromatic heterocycles. The van der Waals surface area contributed by atoms with Crippen LogP contribution in [0, 0.1) is 5.92 Å². The predicted octanol–water partition coefficient (Wildman–Crippen LogP) is 1.20. The zero-order valence-electron chi connectivity index (χ0n) is 14.4. The summed E-state index contributed by atoms with van der Waals surface area (Å²) in [5.41, 5.74) is 7.26. The number of nitrogens with one attached hydrogen (secondary N) is 1. The second-order valence-corrected chi connectivity index (χ2v) is 6.36. The lowest BCUT2D eigenvalue weighted by Gasteiger charge is -2.13. The molecule has 134 valence electrons. The van der Waals surface area contributed by atoms with Gasteiger partial charge in [-0.15, -0.1) is 0 Å². The van der Waals surface area contributed by atoms with Gasteiger partial charge in [-0.3, -0.25) is 24.3 Å². The molecule has 1 atom stereocenters. The molecule has 3 amide bonds. The first kappa shape index (κ1) is 17.8. The number of amides is 3. The molecule has 26 heavy (non-hydrogen) atoms. The number of nitrogens with zero attached hydrogens (tertiary/aromatic N) is 2. The topological polar surface area (TPSA) is 105 Å². The molecule has 7 heteroatoms. The minimum Gasteiger partial charge on any atom is -0.352 e. The zero-order valence-corrected chi connectivity index (χ0v) is 14.4. The lowest BCUT2D eigenvalue weighted by atomic mass is 10.0. The van der Waals surface area contributed by atoms with Gasteiger partial charge in [0.2, 0.25) is 0 Å². The largest absolute Gasteiger partial charge is 0.352 e. The van der Waals surface area contributed by atoms with E-state index in [9.17, 15) is 14.4 Å². The SMILES string of the molecule is CC(CN)CNC(=O)c1ccc2c(c1)C(=O)N(Cc1ccncc1)C2=O. The average Bonchev–Trinajstić information content (AvgIpc) is 2.91. The van der Waals surface area contributed by atoms with Gasteiger partial charge in [0.15, 0.2) is 0 Å². The zero-order chi connectivity index (χ0) is 18.7. The molecule has 1 aliphatic rings. The van der Waals surface area contributed by atoms with Crippen LogP contribution < -0.4 is 11.1 Å². The van der Waals surface area contributed by atoms with Gasteiger partial charge in [0.25, 0.3) is 17.7 Å². The van der Waals surface area contributed by atoms with Crippen molar-refractivity contribution in [1.82, 2.24) is 15.2 Å². The van der Waals surface area contributed by atoms with Crippen LogP contribution in [0.25, 0.3) is 0 Å². The fourth-order valence-electron chi connectivity index (χ4n) is 2.70. The molecular formula is C19H20N4O3. The van der Waals surface area contributed by atoms with Crippen LogP contribution in [-0.4, -0.2) is 40.7 Å². The van der Waals surface area contributed by atoms with Gasteiger partial charge in [0.1, 0.15) is 0 Å². The fourth-order valence-corrected chi connectivity index (χ4v) is 2.70. The molecule has 1 aliphatic heterocycles. The second-order valence-electron chi connectivity index (χ2n) is 6.36. The first-order chi connectivity index (χ1) is 12.5. The molecule has 1 aromatic carbocycles. The Kier molecular flexibility index (Phi) is 5.09. The highest BCUT2D eigenvalue weighted by molar-refractivity contribution is 6.22. The van der Waals surface area contributed by atoms with Crippen molar-refractivity contribution in [3.8, 4) is 0 Å². The summed E-state index contributed by atoms with van der Waals surface area (Å²) in [5, 5.41) is 2.78. The predicted molar refractivity (Wildman–Crippen MR) is 95.4 cm³/mol. The van der Waals surface area contributed by atoms with Gasteiger partial charge in [0, 0.05) is 24.5 Å². The summed E-state index contributed by atoms with van der Waals surface area (Å²) in [5.74, 6) is -0.884. The van der Waals surface area contributed by atoms with E-state index in [1.807, 2.05) is 6.92 Å². The number of benzene rings is 1. The molecule has 0 bridgehead atoms. The van der Waals surface area contributed by atoms with E-state index < -0.39 is 5.91 Å². The summed E-state index contributed by atoms with van der Waals surface area (Å²) >= 11 is 0. The Labute approximate surface area is 151 Å². The van der Waals surface area contributed by atoms with Gasteiger partial charge >= 0.3 is 0 Å². The van der Waals surface area contributed by atoms with E-state index in [-0.39, 0.29) is 29.8 Å². The molecule has 7 nitrogen and oxygen atoms in total. The number of hydrogen-bond donors (Lipinski definition) is 2. The van der Waals surface area contributed by atoms with Crippen molar-refractivity contribution in [2.75, 3.05) is 13.1 Å². The quantitative estimate of drug-likeness (QED) is 0.760. The first-order valence-electron chi connectivity index (χ1n) is 8.38. The number of rotatable bonds is 6. The number of nitrogens with two attached hydrogens (primary N) is 1. The van der Waals surface area contributed by atoms with Gasteiger partial charge in [-0.2, -0.15) is 0 Å². The highest BCUT2D eigenvalue weighted by Gasteiger charge is 2.35. The lowest BCUT2D eigenvalue weighted by molar-refractivity contribution is 0.0642. The van der Waals surface area contributed by atoms with E-state index in [1.54, 1.807) is 30.6 Å². The average molecular weight is 352 g/mol. The lowest BCUT2D eigenvalue weighted by Crippen LogP contribution is -2.31. The number of carbonyl (C=O) groups is 3. The van der Waals surface area contributed by atoms with Crippen LogP contribution in [-0.2, 0) is 6.54 Å². The van der Waals surface area contributed by atoms with Crippen LogP contribution >= 0.6 is 0 Å². The molecule has 2 aromatic rings. The summed E-state index contributed by atoms with van der Waals surface area (Å²) in [6, 6.07) is 8.07.